The van der Waals surface area contributed by atoms with Crippen LogP contribution in [-0.4, -0.2) is 12.3 Å². The Balaban J connectivity index is 1.66. The Morgan fingerprint density at radius 3 is 2.00 bits per heavy atom. The summed E-state index contributed by atoms with van der Waals surface area (Å²) in [6.07, 6.45) is 4.29. The molecule has 0 saturated carbocycles. The van der Waals surface area contributed by atoms with Crippen molar-refractivity contribution in [2.45, 2.75) is 5.92 Å². The van der Waals surface area contributed by atoms with Crippen molar-refractivity contribution in [1.29, 1.82) is 0 Å². The van der Waals surface area contributed by atoms with Crippen molar-refractivity contribution in [3.63, 3.8) is 0 Å². The zero-order valence-electron chi connectivity index (χ0n) is 14.0. The highest BCUT2D eigenvalue weighted by atomic mass is 15.5. The van der Waals surface area contributed by atoms with Crippen LogP contribution in [0.25, 0.3) is 6.08 Å². The smallest absolute Gasteiger partial charge is 0.0703 e. The quantitative estimate of drug-likeness (QED) is 0.631. The minimum absolute atomic E-state index is 0.279. The Morgan fingerprint density at radius 2 is 1.32 bits per heavy atom. The highest BCUT2D eigenvalue weighted by Crippen LogP contribution is 2.29. The molecule has 1 aliphatic heterocycles. The summed E-state index contributed by atoms with van der Waals surface area (Å²) < 4.78 is 0. The van der Waals surface area contributed by atoms with Crippen LogP contribution in [0.5, 0.6) is 0 Å². The van der Waals surface area contributed by atoms with Crippen LogP contribution in [0, 0.1) is 0 Å². The first-order valence-electron chi connectivity index (χ1n) is 8.59. The third kappa shape index (κ3) is 3.53. The first kappa shape index (κ1) is 15.4. The molecule has 0 amide bonds. The van der Waals surface area contributed by atoms with Gasteiger partial charge in [0, 0.05) is 5.92 Å². The topological polar surface area (TPSA) is 15.6 Å². The first-order chi connectivity index (χ1) is 12.4. The fraction of sp³-hybridized carbons (Fsp3) is 0.0870. The van der Waals surface area contributed by atoms with Gasteiger partial charge in [-0.05, 0) is 29.3 Å². The van der Waals surface area contributed by atoms with Gasteiger partial charge >= 0.3 is 0 Å². The summed E-state index contributed by atoms with van der Waals surface area (Å²) in [5.41, 5.74) is 4.72. The number of benzene rings is 3. The number of rotatable bonds is 4. The molecule has 25 heavy (non-hydrogen) atoms. The van der Waals surface area contributed by atoms with E-state index in [4.69, 9.17) is 5.10 Å². The molecule has 1 heterocycles. The molecule has 2 heteroatoms. The van der Waals surface area contributed by atoms with Crippen LogP contribution in [0.3, 0.4) is 0 Å². The van der Waals surface area contributed by atoms with Crippen LogP contribution in [-0.2, 0) is 0 Å². The van der Waals surface area contributed by atoms with Gasteiger partial charge in [0.2, 0.25) is 0 Å². The summed E-state index contributed by atoms with van der Waals surface area (Å²) in [5.74, 6) is 0.279. The van der Waals surface area contributed by atoms with Gasteiger partial charge in [-0.15, -0.1) is 0 Å². The molecule has 0 bridgehead atoms. The molecule has 2 nitrogen and oxygen atoms in total. The number of allylic oxidation sites excluding steroid dienone is 1. The maximum Gasteiger partial charge on any atom is 0.0703 e. The lowest BCUT2D eigenvalue weighted by atomic mass is 9.94. The molecule has 3 aromatic carbocycles. The second kappa shape index (κ2) is 7.18. The average Bonchev–Trinajstić information content (AvgIpc) is 3.13. The van der Waals surface area contributed by atoms with Crippen molar-refractivity contribution in [3.8, 4) is 0 Å². The largest absolute Gasteiger partial charge is 0.264 e. The lowest BCUT2D eigenvalue weighted by Gasteiger charge is -2.16. The van der Waals surface area contributed by atoms with E-state index in [1.54, 1.807) is 0 Å². The second-order valence-corrected chi connectivity index (χ2v) is 6.15. The summed E-state index contributed by atoms with van der Waals surface area (Å²) >= 11 is 0. The Labute approximate surface area is 148 Å². The van der Waals surface area contributed by atoms with E-state index in [1.165, 1.54) is 11.1 Å². The lowest BCUT2D eigenvalue weighted by Crippen LogP contribution is -2.17. The molecule has 0 aliphatic carbocycles. The summed E-state index contributed by atoms with van der Waals surface area (Å²) in [6.45, 7) is 0.864. The van der Waals surface area contributed by atoms with Crippen molar-refractivity contribution in [2.75, 3.05) is 11.6 Å². The standard InChI is InChI=1S/C23H20N2/c1-4-10-19(11-5-1)16-17-23-22(20-12-6-2-7-13-20)18-25(24-23)21-14-8-3-9-15-21/h1-17,22H,18H2/b17-16+. The Morgan fingerprint density at radius 1 is 0.720 bits per heavy atom. The van der Waals surface area contributed by atoms with Crippen LogP contribution < -0.4 is 5.01 Å². The summed E-state index contributed by atoms with van der Waals surface area (Å²) in [4.78, 5) is 0. The first-order valence-corrected chi connectivity index (χ1v) is 8.59. The van der Waals surface area contributed by atoms with Gasteiger partial charge < -0.3 is 0 Å². The zero-order valence-corrected chi connectivity index (χ0v) is 14.0. The molecule has 122 valence electrons. The molecular weight excluding hydrogens is 304 g/mol. The van der Waals surface area contributed by atoms with Crippen molar-refractivity contribution < 1.29 is 0 Å². The van der Waals surface area contributed by atoms with Gasteiger partial charge in [-0.2, -0.15) is 5.10 Å². The van der Waals surface area contributed by atoms with Gasteiger partial charge in [0.05, 0.1) is 17.9 Å². The maximum atomic E-state index is 4.89. The van der Waals surface area contributed by atoms with Gasteiger partial charge in [-0.1, -0.05) is 84.9 Å². The van der Waals surface area contributed by atoms with Crippen molar-refractivity contribution >= 4 is 17.5 Å². The molecule has 3 aromatic rings. The van der Waals surface area contributed by atoms with Crippen LogP contribution >= 0.6 is 0 Å². The van der Waals surface area contributed by atoms with E-state index in [0.29, 0.717) is 0 Å². The predicted octanol–water partition coefficient (Wildman–Crippen LogP) is 5.36. The fourth-order valence-electron chi connectivity index (χ4n) is 3.14. The molecule has 1 aliphatic rings. The maximum absolute atomic E-state index is 4.89. The van der Waals surface area contributed by atoms with E-state index in [9.17, 15) is 0 Å². The van der Waals surface area contributed by atoms with Crippen LogP contribution in [0.15, 0.2) is 102 Å². The van der Waals surface area contributed by atoms with E-state index >= 15 is 0 Å². The van der Waals surface area contributed by atoms with Crippen molar-refractivity contribution in [1.82, 2.24) is 0 Å². The number of hydrogen-bond acceptors (Lipinski definition) is 2. The molecule has 0 fully saturated rings. The highest BCUT2D eigenvalue weighted by molar-refractivity contribution is 6.05. The summed E-state index contributed by atoms with van der Waals surface area (Å²) in [7, 11) is 0. The van der Waals surface area contributed by atoms with Gasteiger partial charge in [-0.25, -0.2) is 0 Å². The number of hydrogen-bond donors (Lipinski definition) is 0. The van der Waals surface area contributed by atoms with Crippen LogP contribution in [0.4, 0.5) is 5.69 Å². The van der Waals surface area contributed by atoms with Gasteiger partial charge in [0.15, 0.2) is 0 Å². The molecule has 4 rings (SSSR count). The number of para-hydroxylation sites is 1. The monoisotopic (exact) mass is 324 g/mol. The third-order valence-corrected chi connectivity index (χ3v) is 4.45. The van der Waals surface area contributed by atoms with Gasteiger partial charge in [-0.3, -0.25) is 5.01 Å². The van der Waals surface area contributed by atoms with E-state index in [2.05, 4.69) is 96.0 Å². The minimum atomic E-state index is 0.279. The zero-order chi connectivity index (χ0) is 16.9. The molecule has 1 atom stereocenters. The third-order valence-electron chi connectivity index (χ3n) is 4.45. The summed E-state index contributed by atoms with van der Waals surface area (Å²) in [6, 6.07) is 31.4. The normalized spacial score (nSPS) is 17.0. The Kier molecular flexibility index (Phi) is 4.42. The predicted molar refractivity (Wildman–Crippen MR) is 106 cm³/mol. The molecule has 0 aromatic heterocycles. The van der Waals surface area contributed by atoms with E-state index in [-0.39, 0.29) is 5.92 Å². The van der Waals surface area contributed by atoms with Gasteiger partial charge in [0.1, 0.15) is 0 Å². The van der Waals surface area contributed by atoms with Crippen LogP contribution in [0.2, 0.25) is 0 Å². The number of nitrogens with zero attached hydrogens (tertiary/aromatic N) is 2. The van der Waals surface area contributed by atoms with Crippen LogP contribution in [0.1, 0.15) is 17.0 Å². The van der Waals surface area contributed by atoms with Gasteiger partial charge in [0.25, 0.3) is 0 Å². The molecule has 0 saturated heterocycles. The molecule has 0 N–H and O–H groups in total. The van der Waals surface area contributed by atoms with Crippen molar-refractivity contribution in [2.24, 2.45) is 5.10 Å². The van der Waals surface area contributed by atoms with E-state index in [0.717, 1.165) is 17.9 Å². The second-order valence-electron chi connectivity index (χ2n) is 6.15. The SMILES string of the molecule is C(=C\c1ccccc1)/C1=NN(c2ccccc2)CC1c1ccccc1. The molecule has 0 spiro atoms. The fourth-order valence-corrected chi connectivity index (χ4v) is 3.14. The Hall–Kier alpha value is -3.13. The Bertz CT molecular complexity index is 868. The minimum Gasteiger partial charge on any atom is -0.264 e. The summed E-state index contributed by atoms with van der Waals surface area (Å²) in [5, 5.41) is 6.99. The number of hydrazone groups is 1. The molecule has 0 radical (unpaired) electrons. The van der Waals surface area contributed by atoms with Crippen molar-refractivity contribution in [3.05, 3.63) is 108 Å². The molecular formula is C23H20N2. The van der Waals surface area contributed by atoms with E-state index < -0.39 is 0 Å². The number of anilines is 1. The highest BCUT2D eigenvalue weighted by Gasteiger charge is 2.27. The molecule has 1 unspecified atom stereocenters. The lowest BCUT2D eigenvalue weighted by molar-refractivity contribution is 0.851. The van der Waals surface area contributed by atoms with E-state index in [1.807, 2.05) is 12.1 Å². The average molecular weight is 324 g/mol.